The van der Waals surface area contributed by atoms with E-state index in [-0.39, 0.29) is 49.1 Å². The SMILES string of the molecule is CN(C)[S+]([O-])NC1CCN(C(=O)C2CCC(F)(F)C2)CC1COC1CCC(c2cccc(F)c2)CC1. The van der Waals surface area contributed by atoms with Gasteiger partial charge in [-0.15, -0.1) is 9.03 Å². The van der Waals surface area contributed by atoms with Crippen molar-refractivity contribution in [2.75, 3.05) is 33.8 Å². The number of carbonyl (C=O) groups is 1. The number of rotatable bonds is 8. The Kier molecular flexibility index (Phi) is 9.25. The molecule has 1 heterocycles. The van der Waals surface area contributed by atoms with Crippen LogP contribution in [0.1, 0.15) is 62.8 Å². The highest BCUT2D eigenvalue weighted by molar-refractivity contribution is 7.87. The molecule has 3 aliphatic rings. The predicted octanol–water partition coefficient (Wildman–Crippen LogP) is 4.25. The fourth-order valence-electron chi connectivity index (χ4n) is 5.79. The standard InChI is InChI=1S/C26H38F3N3O3S/c1-31(2)36(34)30-24-11-13-32(25(33)20-10-12-26(28,29)15-20)16-21(24)17-35-23-8-6-18(7-9-23)19-4-3-5-22(27)14-19/h3-5,14,18,20-21,23-24,30H,6-13,15-17H2,1-2H3. The summed E-state index contributed by atoms with van der Waals surface area (Å²) >= 11 is -1.37. The third kappa shape index (κ3) is 7.16. The van der Waals surface area contributed by atoms with Crippen molar-refractivity contribution in [3.63, 3.8) is 0 Å². The van der Waals surface area contributed by atoms with Gasteiger partial charge in [-0.25, -0.2) is 13.2 Å². The zero-order valence-corrected chi connectivity index (χ0v) is 22.0. The van der Waals surface area contributed by atoms with Crippen LogP contribution < -0.4 is 4.72 Å². The molecule has 1 aromatic rings. The summed E-state index contributed by atoms with van der Waals surface area (Å²) in [7, 11) is 3.45. The molecular weight excluding hydrogens is 491 g/mol. The van der Waals surface area contributed by atoms with Gasteiger partial charge >= 0.3 is 0 Å². The molecular formula is C26H38F3N3O3S. The predicted molar refractivity (Wildman–Crippen MR) is 133 cm³/mol. The number of carbonyl (C=O) groups excluding carboxylic acids is 1. The minimum Gasteiger partial charge on any atom is -0.579 e. The van der Waals surface area contributed by atoms with Gasteiger partial charge in [0.05, 0.1) is 18.8 Å². The van der Waals surface area contributed by atoms with Crippen LogP contribution in [0.4, 0.5) is 13.2 Å². The van der Waals surface area contributed by atoms with Crippen molar-refractivity contribution >= 4 is 17.5 Å². The first-order chi connectivity index (χ1) is 17.1. The lowest BCUT2D eigenvalue weighted by Gasteiger charge is -2.40. The second-order valence-corrected chi connectivity index (χ2v) is 12.2. The molecule has 3 fully saturated rings. The van der Waals surface area contributed by atoms with Crippen LogP contribution in [0, 0.1) is 17.7 Å². The molecule has 1 aromatic carbocycles. The molecule has 2 aliphatic carbocycles. The Hall–Kier alpha value is -1.33. The van der Waals surface area contributed by atoms with Crippen LogP contribution in [0.15, 0.2) is 24.3 Å². The smallest absolute Gasteiger partial charge is 0.248 e. The molecule has 1 N–H and O–H groups in total. The first-order valence-electron chi connectivity index (χ1n) is 13.0. The number of benzene rings is 1. The van der Waals surface area contributed by atoms with E-state index in [0.29, 0.717) is 32.0 Å². The highest BCUT2D eigenvalue weighted by Gasteiger charge is 2.45. The van der Waals surface area contributed by atoms with Crippen molar-refractivity contribution in [1.82, 2.24) is 13.9 Å². The maximum Gasteiger partial charge on any atom is 0.248 e. The topological polar surface area (TPSA) is 67.9 Å². The van der Waals surface area contributed by atoms with Gasteiger partial charge in [0, 0.05) is 51.9 Å². The van der Waals surface area contributed by atoms with E-state index in [1.165, 1.54) is 6.07 Å². The van der Waals surface area contributed by atoms with Gasteiger partial charge in [0.25, 0.3) is 0 Å². The molecule has 36 heavy (non-hydrogen) atoms. The number of ether oxygens (including phenoxy) is 1. The van der Waals surface area contributed by atoms with Crippen molar-refractivity contribution in [3.05, 3.63) is 35.6 Å². The zero-order chi connectivity index (χ0) is 25.9. The Morgan fingerprint density at radius 3 is 2.61 bits per heavy atom. The molecule has 1 aliphatic heterocycles. The van der Waals surface area contributed by atoms with Crippen molar-refractivity contribution in [1.29, 1.82) is 0 Å². The Labute approximate surface area is 215 Å². The maximum absolute atomic E-state index is 13.7. The van der Waals surface area contributed by atoms with Crippen LogP contribution in [-0.4, -0.2) is 71.5 Å². The molecule has 1 amide bonds. The Morgan fingerprint density at radius 1 is 1.22 bits per heavy atom. The monoisotopic (exact) mass is 529 g/mol. The highest BCUT2D eigenvalue weighted by atomic mass is 32.2. The van der Waals surface area contributed by atoms with E-state index in [4.69, 9.17) is 4.74 Å². The van der Waals surface area contributed by atoms with E-state index >= 15 is 0 Å². The Morgan fingerprint density at radius 2 is 1.97 bits per heavy atom. The Balaban J connectivity index is 1.33. The lowest BCUT2D eigenvalue weighted by Crippen LogP contribution is -2.56. The van der Waals surface area contributed by atoms with Gasteiger partial charge in [0.15, 0.2) is 0 Å². The van der Waals surface area contributed by atoms with Crippen LogP contribution in [0.3, 0.4) is 0 Å². The third-order valence-electron chi connectivity index (χ3n) is 7.92. The number of amides is 1. The number of likely N-dealkylation sites (tertiary alicyclic amines) is 1. The van der Waals surface area contributed by atoms with Crippen LogP contribution in [0.5, 0.6) is 0 Å². The molecule has 0 spiro atoms. The number of nitrogens with zero attached hydrogens (tertiary/aromatic N) is 2. The summed E-state index contributed by atoms with van der Waals surface area (Å²) in [5.74, 6) is -3.55. The summed E-state index contributed by atoms with van der Waals surface area (Å²) < 4.78 is 64.5. The van der Waals surface area contributed by atoms with Gasteiger partial charge < -0.3 is 14.2 Å². The average molecular weight is 530 g/mol. The molecule has 0 aromatic heterocycles. The van der Waals surface area contributed by atoms with Gasteiger partial charge in [-0.05, 0) is 62.1 Å². The van der Waals surface area contributed by atoms with Crippen molar-refractivity contribution in [3.8, 4) is 0 Å². The lowest BCUT2D eigenvalue weighted by molar-refractivity contribution is -0.139. The van der Waals surface area contributed by atoms with Gasteiger partial charge in [0.2, 0.25) is 11.8 Å². The van der Waals surface area contributed by atoms with Crippen LogP contribution >= 0.6 is 0 Å². The van der Waals surface area contributed by atoms with E-state index in [2.05, 4.69) is 4.72 Å². The minimum atomic E-state index is -2.75. The number of nitrogens with one attached hydrogen (secondary N) is 1. The zero-order valence-electron chi connectivity index (χ0n) is 21.1. The molecule has 4 unspecified atom stereocenters. The van der Waals surface area contributed by atoms with Crippen LogP contribution in [0.2, 0.25) is 0 Å². The molecule has 4 atom stereocenters. The summed E-state index contributed by atoms with van der Waals surface area (Å²) in [6.07, 6.45) is 3.88. The lowest BCUT2D eigenvalue weighted by atomic mass is 9.82. The number of halogens is 3. The fourth-order valence-corrected chi connectivity index (χ4v) is 6.57. The van der Waals surface area contributed by atoms with Gasteiger partial charge in [-0.2, -0.15) is 0 Å². The molecule has 6 nitrogen and oxygen atoms in total. The van der Waals surface area contributed by atoms with E-state index in [1.807, 2.05) is 6.07 Å². The molecule has 10 heteroatoms. The molecule has 0 bridgehead atoms. The van der Waals surface area contributed by atoms with E-state index in [1.54, 1.807) is 35.4 Å². The number of alkyl halides is 2. The van der Waals surface area contributed by atoms with Crippen LogP contribution in [0.25, 0.3) is 0 Å². The second-order valence-electron chi connectivity index (χ2n) is 10.8. The van der Waals surface area contributed by atoms with Gasteiger partial charge in [0.1, 0.15) is 17.4 Å². The largest absolute Gasteiger partial charge is 0.579 e. The minimum absolute atomic E-state index is 0.0782. The summed E-state index contributed by atoms with van der Waals surface area (Å²) in [4.78, 5) is 14.7. The normalized spacial score (nSPS) is 31.5. The summed E-state index contributed by atoms with van der Waals surface area (Å²) in [5.41, 5.74) is 1.03. The molecule has 0 radical (unpaired) electrons. The summed E-state index contributed by atoms with van der Waals surface area (Å²) in [6, 6.07) is 6.69. The Bertz CT molecular complexity index is 885. The average Bonchev–Trinajstić information content (AvgIpc) is 3.22. The molecule has 202 valence electrons. The number of hydrogen-bond acceptors (Lipinski definition) is 5. The number of hydrogen-bond donors (Lipinski definition) is 1. The first-order valence-corrected chi connectivity index (χ1v) is 14.1. The summed E-state index contributed by atoms with van der Waals surface area (Å²) in [5, 5.41) is 0. The van der Waals surface area contributed by atoms with E-state index in [0.717, 1.165) is 31.2 Å². The van der Waals surface area contributed by atoms with Gasteiger partial charge in [-0.1, -0.05) is 12.1 Å². The third-order valence-corrected chi connectivity index (χ3v) is 9.09. The second kappa shape index (κ2) is 12.0. The first kappa shape index (κ1) is 27.7. The van der Waals surface area contributed by atoms with Crippen molar-refractivity contribution in [2.45, 2.75) is 75.4 Å². The summed E-state index contributed by atoms with van der Waals surface area (Å²) in [6.45, 7) is 1.27. The molecule has 2 saturated carbocycles. The maximum atomic E-state index is 13.7. The van der Waals surface area contributed by atoms with E-state index < -0.39 is 23.4 Å². The quantitative estimate of drug-likeness (QED) is 0.510. The molecule has 1 saturated heterocycles. The van der Waals surface area contributed by atoms with Crippen molar-refractivity contribution in [2.24, 2.45) is 11.8 Å². The van der Waals surface area contributed by atoms with Crippen molar-refractivity contribution < 1.29 is 27.3 Å². The van der Waals surface area contributed by atoms with Gasteiger partial charge in [-0.3, -0.25) is 4.79 Å². The van der Waals surface area contributed by atoms with E-state index in [9.17, 15) is 22.5 Å². The fraction of sp³-hybridized carbons (Fsp3) is 0.731. The van der Waals surface area contributed by atoms with Crippen LogP contribution in [-0.2, 0) is 21.1 Å². The highest BCUT2D eigenvalue weighted by Crippen LogP contribution is 2.40. The number of piperidine rings is 1. The molecule has 4 rings (SSSR count).